The maximum absolute atomic E-state index is 13.0. The zero-order valence-corrected chi connectivity index (χ0v) is 19.5. The topological polar surface area (TPSA) is 132 Å². The summed E-state index contributed by atoms with van der Waals surface area (Å²) in [5.74, 6) is -3.47. The van der Waals surface area contributed by atoms with E-state index in [1.807, 2.05) is 0 Å². The molecule has 1 aromatic heterocycles. The fourth-order valence-corrected chi connectivity index (χ4v) is 4.61. The summed E-state index contributed by atoms with van der Waals surface area (Å²) in [5.41, 5.74) is -1.03. The number of rotatable bonds is 9. The van der Waals surface area contributed by atoms with Crippen molar-refractivity contribution in [3.63, 3.8) is 0 Å². The summed E-state index contributed by atoms with van der Waals surface area (Å²) in [6.45, 7) is 1.46. The molecule has 3 atom stereocenters. The van der Waals surface area contributed by atoms with Crippen molar-refractivity contribution in [3.8, 4) is 0 Å². The van der Waals surface area contributed by atoms with Gasteiger partial charge in [0.2, 0.25) is 0 Å². The maximum atomic E-state index is 13.0. The fourth-order valence-electron chi connectivity index (χ4n) is 3.45. The predicted molar refractivity (Wildman–Crippen MR) is 116 cm³/mol. The second kappa shape index (κ2) is 9.96. The Kier molecular flexibility index (Phi) is 7.48. The molecule has 33 heavy (non-hydrogen) atoms. The van der Waals surface area contributed by atoms with Crippen LogP contribution >= 0.6 is 7.60 Å². The monoisotopic (exact) mass is 480 g/mol. The van der Waals surface area contributed by atoms with Crippen LogP contribution < -0.4 is 11.2 Å². The van der Waals surface area contributed by atoms with Crippen molar-refractivity contribution in [1.82, 2.24) is 9.13 Å². The average molecular weight is 480 g/mol. The summed E-state index contributed by atoms with van der Waals surface area (Å²) >= 11 is 0. The van der Waals surface area contributed by atoms with E-state index in [-0.39, 0.29) is 29.7 Å². The Morgan fingerprint density at radius 3 is 2.33 bits per heavy atom. The molecule has 1 fully saturated rings. The highest BCUT2D eigenvalue weighted by Crippen LogP contribution is 2.53. The first-order valence-electron chi connectivity index (χ1n) is 10.0. The normalized spacial score (nSPS) is 18.5. The zero-order valence-electron chi connectivity index (χ0n) is 18.6. The third-order valence-electron chi connectivity index (χ3n) is 5.42. The van der Waals surface area contributed by atoms with Crippen LogP contribution in [0.3, 0.4) is 0 Å². The molecule has 12 heteroatoms. The highest BCUT2D eigenvalue weighted by molar-refractivity contribution is 7.55. The van der Waals surface area contributed by atoms with Gasteiger partial charge in [-0.25, -0.2) is 9.59 Å². The molecule has 1 aliphatic carbocycles. The summed E-state index contributed by atoms with van der Waals surface area (Å²) in [4.78, 5) is 50.5. The Hall–Kier alpha value is -2.85. The van der Waals surface area contributed by atoms with E-state index in [9.17, 15) is 23.7 Å². The Labute approximate surface area is 189 Å². The molecule has 1 saturated carbocycles. The minimum Gasteiger partial charge on any atom is -0.467 e. The maximum Gasteiger partial charge on any atom is 0.370 e. The van der Waals surface area contributed by atoms with Gasteiger partial charge in [0.1, 0.15) is 0 Å². The van der Waals surface area contributed by atoms with Crippen LogP contribution in [-0.4, -0.2) is 54.8 Å². The molecule has 178 valence electrons. The van der Waals surface area contributed by atoms with Gasteiger partial charge in [-0.05, 0) is 25.5 Å². The summed E-state index contributed by atoms with van der Waals surface area (Å²) in [6, 6.07) is 7.65. The first-order chi connectivity index (χ1) is 15.7. The molecule has 0 radical (unpaired) electrons. The lowest BCUT2D eigenvalue weighted by atomic mass is 10.2. The van der Waals surface area contributed by atoms with E-state index >= 15 is 0 Å². The quantitative estimate of drug-likeness (QED) is 0.387. The van der Waals surface area contributed by atoms with Crippen molar-refractivity contribution in [2.24, 2.45) is 5.92 Å². The number of carbonyl (C=O) groups is 2. The highest BCUT2D eigenvalue weighted by atomic mass is 31.2. The van der Waals surface area contributed by atoms with Crippen LogP contribution in [0.25, 0.3) is 0 Å². The second-order valence-corrected chi connectivity index (χ2v) is 9.77. The standard InChI is InChI=1S/C21H25N2O9P/c1-13-11-22(21(27)23(17(13)24)18(25)14-8-6-5-7-9-14)16-10-15(16)12-32-20(19(26)29-2)33(28,30-3)31-4/h5-9,11,15-16,20H,10,12H2,1-4H3. The van der Waals surface area contributed by atoms with Gasteiger partial charge in [-0.3, -0.25) is 18.7 Å². The van der Waals surface area contributed by atoms with Crippen molar-refractivity contribution < 1.29 is 32.7 Å². The lowest BCUT2D eigenvalue weighted by Gasteiger charge is -2.22. The molecule has 0 spiro atoms. The Bertz CT molecular complexity index is 1200. The first-order valence-corrected chi connectivity index (χ1v) is 11.6. The Morgan fingerprint density at radius 1 is 1.12 bits per heavy atom. The highest BCUT2D eigenvalue weighted by Gasteiger charge is 2.46. The molecule has 2 aromatic rings. The van der Waals surface area contributed by atoms with Crippen molar-refractivity contribution in [2.75, 3.05) is 27.9 Å². The third kappa shape index (κ3) is 4.91. The molecule has 3 unspecified atom stereocenters. The Balaban J connectivity index is 1.84. The lowest BCUT2D eigenvalue weighted by Crippen LogP contribution is -2.44. The number of benzene rings is 1. The SMILES string of the molecule is COC(=O)C(OCC1CC1n1cc(C)c(=O)n(C(=O)c2ccccc2)c1=O)P(=O)(OC)OC. The average Bonchev–Trinajstić information content (AvgIpc) is 3.60. The van der Waals surface area contributed by atoms with E-state index in [0.29, 0.717) is 11.0 Å². The fraction of sp³-hybridized carbons (Fsp3) is 0.429. The molecule has 0 N–H and O–H groups in total. The van der Waals surface area contributed by atoms with Gasteiger partial charge >= 0.3 is 19.3 Å². The minimum atomic E-state index is -3.92. The molecule has 1 heterocycles. The minimum absolute atomic E-state index is 0.0572. The van der Waals surface area contributed by atoms with Gasteiger partial charge in [0.25, 0.3) is 17.3 Å². The summed E-state index contributed by atoms with van der Waals surface area (Å²) in [6.07, 6.45) is 1.88. The lowest BCUT2D eigenvalue weighted by molar-refractivity contribution is -0.150. The summed E-state index contributed by atoms with van der Waals surface area (Å²) in [5, 5.41) is 0. The van der Waals surface area contributed by atoms with Crippen LogP contribution in [0.5, 0.6) is 0 Å². The smallest absolute Gasteiger partial charge is 0.370 e. The van der Waals surface area contributed by atoms with Crippen LogP contribution in [0, 0.1) is 12.8 Å². The molecule has 0 bridgehead atoms. The molecule has 0 aliphatic heterocycles. The number of aryl methyl sites for hydroxylation is 1. The molecular formula is C21H25N2O9P. The summed E-state index contributed by atoms with van der Waals surface area (Å²) < 4.78 is 34.4. The van der Waals surface area contributed by atoms with E-state index in [1.165, 1.54) is 29.8 Å². The van der Waals surface area contributed by atoms with Gasteiger partial charge < -0.3 is 18.5 Å². The number of ether oxygens (including phenoxy) is 2. The molecular weight excluding hydrogens is 455 g/mol. The van der Waals surface area contributed by atoms with E-state index in [2.05, 4.69) is 4.74 Å². The molecule has 11 nitrogen and oxygen atoms in total. The van der Waals surface area contributed by atoms with Crippen LogP contribution in [0.1, 0.15) is 28.4 Å². The van der Waals surface area contributed by atoms with Gasteiger partial charge in [0, 0.05) is 43.5 Å². The van der Waals surface area contributed by atoms with E-state index in [4.69, 9.17) is 13.8 Å². The van der Waals surface area contributed by atoms with Gasteiger partial charge in [0.05, 0.1) is 13.7 Å². The van der Waals surface area contributed by atoms with Crippen molar-refractivity contribution >= 4 is 19.5 Å². The molecule has 1 aliphatic rings. The van der Waals surface area contributed by atoms with Crippen molar-refractivity contribution in [3.05, 3.63) is 68.5 Å². The van der Waals surface area contributed by atoms with Crippen LogP contribution in [0.2, 0.25) is 0 Å². The number of methoxy groups -OCH3 is 1. The van der Waals surface area contributed by atoms with Gasteiger partial charge in [-0.15, -0.1) is 0 Å². The van der Waals surface area contributed by atoms with Crippen molar-refractivity contribution in [1.29, 1.82) is 0 Å². The number of nitrogens with zero attached hydrogens (tertiary/aromatic N) is 2. The molecule has 1 aromatic carbocycles. The number of aromatic nitrogens is 2. The molecule has 3 rings (SSSR count). The van der Waals surface area contributed by atoms with Crippen LogP contribution in [0.4, 0.5) is 0 Å². The Morgan fingerprint density at radius 2 is 1.76 bits per heavy atom. The summed E-state index contributed by atoms with van der Waals surface area (Å²) in [7, 11) is -0.556. The largest absolute Gasteiger partial charge is 0.467 e. The molecule has 0 amide bonds. The number of hydrogen-bond acceptors (Lipinski definition) is 9. The van der Waals surface area contributed by atoms with Gasteiger partial charge in [-0.2, -0.15) is 4.57 Å². The number of esters is 1. The zero-order chi connectivity index (χ0) is 24.3. The van der Waals surface area contributed by atoms with Crippen LogP contribution in [0.15, 0.2) is 46.1 Å². The number of hydrogen-bond donors (Lipinski definition) is 0. The van der Waals surface area contributed by atoms with E-state index in [0.717, 1.165) is 21.3 Å². The van der Waals surface area contributed by atoms with E-state index in [1.54, 1.807) is 18.2 Å². The second-order valence-electron chi connectivity index (χ2n) is 7.49. The first kappa shape index (κ1) is 24.8. The van der Waals surface area contributed by atoms with Gasteiger partial charge in [0.15, 0.2) is 0 Å². The predicted octanol–water partition coefficient (Wildman–Crippen LogP) is 1.57. The van der Waals surface area contributed by atoms with Crippen molar-refractivity contribution in [2.45, 2.75) is 25.2 Å². The van der Waals surface area contributed by atoms with E-state index < -0.39 is 36.6 Å². The van der Waals surface area contributed by atoms with Gasteiger partial charge in [-0.1, -0.05) is 18.2 Å². The molecule has 0 saturated heterocycles. The van der Waals surface area contributed by atoms with Crippen LogP contribution in [-0.2, 0) is 27.9 Å². The number of carbonyl (C=O) groups excluding carboxylic acids is 2. The third-order valence-corrected chi connectivity index (χ3v) is 7.37.